The number of hydrogen-bond acceptors (Lipinski definition) is 5. The highest BCUT2D eigenvalue weighted by Crippen LogP contribution is 2.44. The zero-order valence-corrected chi connectivity index (χ0v) is 21.9. The average Bonchev–Trinajstić information content (AvgIpc) is 3.37. The van der Waals surface area contributed by atoms with Crippen molar-refractivity contribution < 1.29 is 14.4 Å². The number of nitro benzene ring substituents is 1. The Bertz CT molecular complexity index is 2130. The van der Waals surface area contributed by atoms with Crippen LogP contribution in [-0.2, 0) is 0 Å². The third-order valence-electron chi connectivity index (χ3n) is 7.37. The third-order valence-corrected chi connectivity index (χ3v) is 7.37. The Hall–Kier alpha value is -5.69. The van der Waals surface area contributed by atoms with E-state index >= 15 is 0 Å². The molecule has 41 heavy (non-hydrogen) atoms. The van der Waals surface area contributed by atoms with E-state index in [9.17, 15) is 14.9 Å². The monoisotopic (exact) mass is 538 g/mol. The minimum atomic E-state index is -0.419. The Balaban J connectivity index is 1.66. The van der Waals surface area contributed by atoms with Crippen LogP contribution in [0.5, 0.6) is 17.2 Å². The van der Waals surface area contributed by atoms with Gasteiger partial charge in [-0.15, -0.1) is 0 Å². The number of methoxy groups -OCH3 is 1. The molecular formula is C34H22N2O5. The van der Waals surface area contributed by atoms with Gasteiger partial charge in [-0.05, 0) is 71.1 Å². The normalized spacial score (nSPS) is 11.3. The second-order valence-electron chi connectivity index (χ2n) is 9.73. The molecule has 0 bridgehead atoms. The molecule has 0 amide bonds. The molecule has 0 fully saturated rings. The first-order valence-electron chi connectivity index (χ1n) is 13.0. The molecule has 0 unspecified atom stereocenters. The number of pyridine rings is 1. The van der Waals surface area contributed by atoms with E-state index in [1.165, 1.54) is 12.1 Å². The van der Waals surface area contributed by atoms with Gasteiger partial charge in [0.05, 0.1) is 34.1 Å². The first kappa shape index (κ1) is 24.4. The minimum absolute atomic E-state index is 0.00742. The predicted molar refractivity (Wildman–Crippen MR) is 160 cm³/mol. The van der Waals surface area contributed by atoms with Crippen molar-refractivity contribution in [2.45, 2.75) is 0 Å². The van der Waals surface area contributed by atoms with Gasteiger partial charge in [0, 0.05) is 23.1 Å². The smallest absolute Gasteiger partial charge is 0.269 e. The van der Waals surface area contributed by atoms with Crippen molar-refractivity contribution in [1.82, 2.24) is 4.40 Å². The Morgan fingerprint density at radius 3 is 2.12 bits per heavy atom. The van der Waals surface area contributed by atoms with Gasteiger partial charge in [-0.1, -0.05) is 48.5 Å². The van der Waals surface area contributed by atoms with E-state index in [1.54, 1.807) is 25.3 Å². The number of non-ortho nitro benzene ring substituents is 1. The van der Waals surface area contributed by atoms with Crippen molar-refractivity contribution in [2.75, 3.05) is 7.11 Å². The Morgan fingerprint density at radius 2 is 1.41 bits per heavy atom. The van der Waals surface area contributed by atoms with Gasteiger partial charge in [0.1, 0.15) is 11.5 Å². The number of ether oxygens (including phenoxy) is 2. The highest BCUT2D eigenvalue weighted by molar-refractivity contribution is 6.14. The molecule has 2 heterocycles. The summed E-state index contributed by atoms with van der Waals surface area (Å²) in [6.45, 7) is 0. The lowest BCUT2D eigenvalue weighted by Gasteiger charge is -2.12. The molecule has 0 saturated heterocycles. The van der Waals surface area contributed by atoms with Crippen LogP contribution in [0, 0.1) is 10.1 Å². The van der Waals surface area contributed by atoms with E-state index in [2.05, 4.69) is 10.5 Å². The van der Waals surface area contributed by atoms with Crippen LogP contribution in [0.1, 0.15) is 0 Å². The van der Waals surface area contributed by atoms with Gasteiger partial charge in [0.15, 0.2) is 5.75 Å². The summed E-state index contributed by atoms with van der Waals surface area (Å²) in [7, 11) is 1.60. The minimum Gasteiger partial charge on any atom is -0.497 e. The quantitative estimate of drug-likeness (QED) is 0.121. The van der Waals surface area contributed by atoms with E-state index in [-0.39, 0.29) is 16.9 Å². The van der Waals surface area contributed by atoms with Gasteiger partial charge in [-0.25, -0.2) is 0 Å². The highest BCUT2D eigenvalue weighted by atomic mass is 16.6. The topological polar surface area (TPSA) is 83.1 Å². The summed E-state index contributed by atoms with van der Waals surface area (Å²) >= 11 is 0. The zero-order valence-electron chi connectivity index (χ0n) is 21.9. The van der Waals surface area contributed by atoms with Crippen molar-refractivity contribution in [2.24, 2.45) is 0 Å². The fraction of sp³-hybridized carbons (Fsp3) is 0.0294. The second-order valence-corrected chi connectivity index (χ2v) is 9.73. The molecule has 7 nitrogen and oxygen atoms in total. The summed E-state index contributed by atoms with van der Waals surface area (Å²) < 4.78 is 13.6. The van der Waals surface area contributed by atoms with Crippen LogP contribution in [0.4, 0.5) is 5.69 Å². The number of benzene rings is 5. The first-order valence-corrected chi connectivity index (χ1v) is 13.0. The molecule has 0 atom stereocenters. The standard InChI is InChI=1S/C34H22N2O5/c1-40-26-17-13-21(14-18-26)30-31-33-24(20-29(34(31)37)41-27-8-3-2-4-9-27)19-23-7-5-6-10-28(23)35(33)32(30)22-11-15-25(16-12-22)36(38)39/h2-20H,1H3. The Labute approximate surface area is 233 Å². The molecule has 7 aromatic rings. The Morgan fingerprint density at radius 1 is 0.732 bits per heavy atom. The van der Waals surface area contributed by atoms with E-state index in [1.807, 2.05) is 78.9 Å². The van der Waals surface area contributed by atoms with Crippen LogP contribution >= 0.6 is 0 Å². The van der Waals surface area contributed by atoms with Gasteiger partial charge in [-0.2, -0.15) is 0 Å². The van der Waals surface area contributed by atoms with Gasteiger partial charge in [-0.3, -0.25) is 14.9 Å². The van der Waals surface area contributed by atoms with Gasteiger partial charge in [0.25, 0.3) is 5.69 Å². The zero-order chi connectivity index (χ0) is 28.1. The van der Waals surface area contributed by atoms with Gasteiger partial charge < -0.3 is 13.9 Å². The molecule has 0 N–H and O–H groups in total. The van der Waals surface area contributed by atoms with Gasteiger partial charge >= 0.3 is 0 Å². The summed E-state index contributed by atoms with van der Waals surface area (Å²) in [5.41, 5.74) is 4.44. The van der Waals surface area contributed by atoms with E-state index in [4.69, 9.17) is 9.47 Å². The molecule has 0 aliphatic rings. The van der Waals surface area contributed by atoms with Crippen molar-refractivity contribution in [3.05, 3.63) is 136 Å². The lowest BCUT2D eigenvalue weighted by Crippen LogP contribution is -2.06. The molecule has 5 aromatic carbocycles. The molecule has 7 rings (SSSR count). The number of fused-ring (bicyclic) bond motifs is 2. The van der Waals surface area contributed by atoms with E-state index in [0.717, 1.165) is 38.6 Å². The lowest BCUT2D eigenvalue weighted by atomic mass is 9.97. The van der Waals surface area contributed by atoms with Crippen molar-refractivity contribution in [1.29, 1.82) is 0 Å². The van der Waals surface area contributed by atoms with Crippen LogP contribution in [0.2, 0.25) is 0 Å². The van der Waals surface area contributed by atoms with E-state index < -0.39 is 4.92 Å². The Kier molecular flexibility index (Phi) is 5.64. The molecule has 0 aliphatic heterocycles. The molecule has 0 saturated carbocycles. The maximum absolute atomic E-state index is 14.3. The summed E-state index contributed by atoms with van der Waals surface area (Å²) in [5.74, 6) is 1.47. The number of nitro groups is 1. The molecule has 0 aliphatic carbocycles. The first-order chi connectivity index (χ1) is 20.0. The number of aromatic nitrogens is 1. The molecule has 7 heteroatoms. The largest absolute Gasteiger partial charge is 0.497 e. The summed E-state index contributed by atoms with van der Waals surface area (Å²) in [6, 6.07) is 35.0. The summed E-state index contributed by atoms with van der Waals surface area (Å²) in [5, 5.41) is 13.8. The summed E-state index contributed by atoms with van der Waals surface area (Å²) in [6.07, 6.45) is 0. The SMILES string of the molecule is COc1ccc(-c2c(-c3ccc([N+](=O)[O-])cc3)n3c4ccccc4cc4cc(Oc5ccccc5)c(=O)c2c43)cc1. The fourth-order valence-corrected chi connectivity index (χ4v) is 5.54. The second kappa shape index (κ2) is 9.50. The molecule has 0 spiro atoms. The van der Waals surface area contributed by atoms with Crippen LogP contribution in [0.15, 0.2) is 120 Å². The predicted octanol–water partition coefficient (Wildman–Crippen LogP) is 8.09. The van der Waals surface area contributed by atoms with Crippen LogP contribution < -0.4 is 14.9 Å². The van der Waals surface area contributed by atoms with Crippen molar-refractivity contribution >= 4 is 32.9 Å². The van der Waals surface area contributed by atoms with Crippen LogP contribution in [-0.4, -0.2) is 16.4 Å². The number of para-hydroxylation sites is 2. The number of hydrogen-bond donors (Lipinski definition) is 0. The molecule has 198 valence electrons. The van der Waals surface area contributed by atoms with Crippen molar-refractivity contribution in [3.8, 4) is 39.6 Å². The lowest BCUT2D eigenvalue weighted by molar-refractivity contribution is -0.384. The maximum Gasteiger partial charge on any atom is 0.269 e. The average molecular weight is 539 g/mol. The van der Waals surface area contributed by atoms with Gasteiger partial charge in [0.2, 0.25) is 5.43 Å². The van der Waals surface area contributed by atoms with Crippen molar-refractivity contribution in [3.63, 3.8) is 0 Å². The maximum atomic E-state index is 14.3. The summed E-state index contributed by atoms with van der Waals surface area (Å²) in [4.78, 5) is 25.4. The third kappa shape index (κ3) is 3.94. The fourth-order valence-electron chi connectivity index (χ4n) is 5.54. The van der Waals surface area contributed by atoms with Crippen LogP contribution in [0.25, 0.3) is 49.6 Å². The molecule has 0 radical (unpaired) electrons. The number of rotatable bonds is 6. The molecule has 2 aromatic heterocycles. The van der Waals surface area contributed by atoms with Crippen LogP contribution in [0.3, 0.4) is 0 Å². The highest BCUT2D eigenvalue weighted by Gasteiger charge is 2.26. The number of nitrogens with zero attached hydrogens (tertiary/aromatic N) is 2. The van der Waals surface area contributed by atoms with E-state index in [0.29, 0.717) is 22.4 Å². The molecular weight excluding hydrogens is 516 g/mol.